The Morgan fingerprint density at radius 1 is 1.36 bits per heavy atom. The first-order chi connectivity index (χ1) is 6.90. The van der Waals surface area contributed by atoms with Crippen LogP contribution in [0.4, 0.5) is 5.82 Å². The van der Waals surface area contributed by atoms with E-state index in [0.29, 0.717) is 0 Å². The lowest BCUT2D eigenvalue weighted by molar-refractivity contribution is 0.277. The van der Waals surface area contributed by atoms with E-state index in [1.807, 2.05) is 30.0 Å². The Bertz CT molecular complexity index is 300. The van der Waals surface area contributed by atoms with Crippen molar-refractivity contribution in [3.8, 4) is 0 Å². The Balaban J connectivity index is 2.13. The average molecular weight is 210 g/mol. The molecule has 0 unspecified atom stereocenters. The van der Waals surface area contributed by atoms with Gasteiger partial charge in [0.05, 0.1) is 12.3 Å². The van der Waals surface area contributed by atoms with Crippen molar-refractivity contribution in [3.63, 3.8) is 0 Å². The van der Waals surface area contributed by atoms with Crippen molar-refractivity contribution in [2.45, 2.75) is 6.61 Å². The molecule has 0 radical (unpaired) electrons. The normalized spacial score (nSPS) is 17.1. The molecule has 1 aromatic heterocycles. The lowest BCUT2D eigenvalue weighted by Gasteiger charge is -2.27. The highest BCUT2D eigenvalue weighted by Gasteiger charge is 2.11. The monoisotopic (exact) mass is 210 g/mol. The van der Waals surface area contributed by atoms with Gasteiger partial charge in [-0.3, -0.25) is 0 Å². The number of thioether (sulfide) groups is 1. The summed E-state index contributed by atoms with van der Waals surface area (Å²) in [5.74, 6) is 3.34. The number of nitrogens with zero attached hydrogens (tertiary/aromatic N) is 2. The molecule has 0 aliphatic carbocycles. The SMILES string of the molecule is OCc1cccc(N2CCSCC2)n1. The number of rotatable bonds is 2. The highest BCUT2D eigenvalue weighted by Crippen LogP contribution is 2.17. The minimum atomic E-state index is 0.0242. The van der Waals surface area contributed by atoms with Gasteiger partial charge >= 0.3 is 0 Å². The van der Waals surface area contributed by atoms with Crippen LogP contribution in [0.15, 0.2) is 18.2 Å². The Morgan fingerprint density at radius 2 is 2.14 bits per heavy atom. The Morgan fingerprint density at radius 3 is 2.86 bits per heavy atom. The molecule has 1 aromatic rings. The van der Waals surface area contributed by atoms with E-state index in [-0.39, 0.29) is 6.61 Å². The molecular weight excluding hydrogens is 196 g/mol. The molecule has 1 saturated heterocycles. The van der Waals surface area contributed by atoms with Crippen molar-refractivity contribution in [3.05, 3.63) is 23.9 Å². The van der Waals surface area contributed by atoms with E-state index in [4.69, 9.17) is 5.11 Å². The lowest BCUT2D eigenvalue weighted by atomic mass is 10.3. The van der Waals surface area contributed by atoms with Gasteiger partial charge in [-0.1, -0.05) is 6.07 Å². The number of hydrogen-bond acceptors (Lipinski definition) is 4. The van der Waals surface area contributed by atoms with E-state index in [0.717, 1.165) is 24.6 Å². The lowest BCUT2D eigenvalue weighted by Crippen LogP contribution is -2.33. The van der Waals surface area contributed by atoms with E-state index in [1.54, 1.807) is 0 Å². The van der Waals surface area contributed by atoms with Crippen molar-refractivity contribution in [2.75, 3.05) is 29.5 Å². The molecule has 0 bridgehead atoms. The second-order valence-electron chi connectivity index (χ2n) is 3.24. The molecule has 76 valence electrons. The first-order valence-electron chi connectivity index (χ1n) is 4.79. The van der Waals surface area contributed by atoms with Gasteiger partial charge in [0.2, 0.25) is 0 Å². The Hall–Kier alpha value is -0.740. The summed E-state index contributed by atoms with van der Waals surface area (Å²) in [7, 11) is 0. The van der Waals surface area contributed by atoms with Crippen molar-refractivity contribution in [1.29, 1.82) is 0 Å². The molecule has 1 N–H and O–H groups in total. The molecule has 0 aromatic carbocycles. The molecule has 1 aliphatic rings. The van der Waals surface area contributed by atoms with Gasteiger partial charge in [-0.2, -0.15) is 11.8 Å². The molecule has 0 saturated carbocycles. The molecule has 14 heavy (non-hydrogen) atoms. The van der Waals surface area contributed by atoms with Gasteiger partial charge in [0.15, 0.2) is 0 Å². The molecule has 0 amide bonds. The number of hydrogen-bond donors (Lipinski definition) is 1. The number of pyridine rings is 1. The molecule has 0 atom stereocenters. The highest BCUT2D eigenvalue weighted by atomic mass is 32.2. The molecule has 3 nitrogen and oxygen atoms in total. The summed E-state index contributed by atoms with van der Waals surface area (Å²) in [5.41, 5.74) is 0.751. The number of aliphatic hydroxyl groups excluding tert-OH is 1. The second-order valence-corrected chi connectivity index (χ2v) is 4.47. The maximum absolute atomic E-state index is 8.98. The quantitative estimate of drug-likeness (QED) is 0.794. The molecule has 4 heteroatoms. The van der Waals surface area contributed by atoms with Crippen LogP contribution in [0.25, 0.3) is 0 Å². The maximum Gasteiger partial charge on any atom is 0.128 e. The van der Waals surface area contributed by atoms with Gasteiger partial charge in [-0.25, -0.2) is 4.98 Å². The van der Waals surface area contributed by atoms with Crippen LogP contribution in [-0.2, 0) is 6.61 Å². The van der Waals surface area contributed by atoms with Crippen molar-refractivity contribution >= 4 is 17.6 Å². The predicted octanol–water partition coefficient (Wildman–Crippen LogP) is 1.13. The smallest absolute Gasteiger partial charge is 0.128 e. The fraction of sp³-hybridized carbons (Fsp3) is 0.500. The van der Waals surface area contributed by atoms with Crippen LogP contribution < -0.4 is 4.90 Å². The summed E-state index contributed by atoms with van der Waals surface area (Å²) in [5, 5.41) is 8.98. The van der Waals surface area contributed by atoms with E-state index >= 15 is 0 Å². The van der Waals surface area contributed by atoms with Crippen LogP contribution in [0.5, 0.6) is 0 Å². The Labute approximate surface area is 88.1 Å². The third kappa shape index (κ3) is 2.19. The summed E-state index contributed by atoms with van der Waals surface area (Å²) in [6.07, 6.45) is 0. The van der Waals surface area contributed by atoms with Crippen molar-refractivity contribution in [2.24, 2.45) is 0 Å². The van der Waals surface area contributed by atoms with Crippen LogP contribution >= 0.6 is 11.8 Å². The summed E-state index contributed by atoms with van der Waals surface area (Å²) >= 11 is 1.98. The summed E-state index contributed by atoms with van der Waals surface area (Å²) in [6.45, 7) is 2.15. The van der Waals surface area contributed by atoms with E-state index < -0.39 is 0 Å². The van der Waals surface area contributed by atoms with Crippen molar-refractivity contribution < 1.29 is 5.11 Å². The zero-order chi connectivity index (χ0) is 9.80. The summed E-state index contributed by atoms with van der Waals surface area (Å²) in [6, 6.07) is 5.81. The fourth-order valence-electron chi connectivity index (χ4n) is 1.52. The van der Waals surface area contributed by atoms with Crippen LogP contribution in [0, 0.1) is 0 Å². The molecule has 2 heterocycles. The van der Waals surface area contributed by atoms with E-state index in [1.165, 1.54) is 11.5 Å². The average Bonchev–Trinajstić information content (AvgIpc) is 2.30. The topological polar surface area (TPSA) is 36.4 Å². The standard InChI is InChI=1S/C10H14N2OS/c13-8-9-2-1-3-10(11-9)12-4-6-14-7-5-12/h1-3,13H,4-8H2. The number of anilines is 1. The van der Waals surface area contributed by atoms with Crippen LogP contribution in [0.1, 0.15) is 5.69 Å². The summed E-state index contributed by atoms with van der Waals surface area (Å²) < 4.78 is 0. The third-order valence-corrected chi connectivity index (χ3v) is 3.23. The zero-order valence-electron chi connectivity index (χ0n) is 8.02. The van der Waals surface area contributed by atoms with Gasteiger partial charge in [-0.05, 0) is 12.1 Å². The number of aliphatic hydroxyl groups is 1. The molecule has 1 aliphatic heterocycles. The minimum Gasteiger partial charge on any atom is -0.390 e. The summed E-state index contributed by atoms with van der Waals surface area (Å²) in [4.78, 5) is 6.66. The molecular formula is C10H14N2OS. The van der Waals surface area contributed by atoms with E-state index in [9.17, 15) is 0 Å². The Kier molecular flexibility index (Phi) is 3.26. The van der Waals surface area contributed by atoms with E-state index in [2.05, 4.69) is 9.88 Å². The fourth-order valence-corrected chi connectivity index (χ4v) is 2.43. The van der Waals surface area contributed by atoms with Crippen LogP contribution in [0.2, 0.25) is 0 Å². The first kappa shape index (κ1) is 9.80. The zero-order valence-corrected chi connectivity index (χ0v) is 8.83. The van der Waals surface area contributed by atoms with Crippen LogP contribution in [0.3, 0.4) is 0 Å². The maximum atomic E-state index is 8.98. The molecule has 0 spiro atoms. The third-order valence-electron chi connectivity index (χ3n) is 2.29. The minimum absolute atomic E-state index is 0.0242. The predicted molar refractivity (Wildman–Crippen MR) is 59.7 cm³/mol. The first-order valence-corrected chi connectivity index (χ1v) is 5.95. The van der Waals surface area contributed by atoms with Gasteiger partial charge in [-0.15, -0.1) is 0 Å². The van der Waals surface area contributed by atoms with Gasteiger partial charge in [0.25, 0.3) is 0 Å². The second kappa shape index (κ2) is 4.66. The van der Waals surface area contributed by atoms with Gasteiger partial charge in [0.1, 0.15) is 5.82 Å². The highest BCUT2D eigenvalue weighted by molar-refractivity contribution is 7.99. The largest absolute Gasteiger partial charge is 0.390 e. The molecule has 1 fully saturated rings. The van der Waals surface area contributed by atoms with Gasteiger partial charge in [0, 0.05) is 24.6 Å². The van der Waals surface area contributed by atoms with Gasteiger partial charge < -0.3 is 10.0 Å². The van der Waals surface area contributed by atoms with Crippen LogP contribution in [-0.4, -0.2) is 34.7 Å². The number of aromatic nitrogens is 1. The molecule has 2 rings (SSSR count). The van der Waals surface area contributed by atoms with Crippen molar-refractivity contribution in [1.82, 2.24) is 4.98 Å².